The lowest BCUT2D eigenvalue weighted by atomic mass is 9.96. The highest BCUT2D eigenvalue weighted by Crippen LogP contribution is 2.29. The molecular formula is C18H23N3. The van der Waals surface area contributed by atoms with E-state index in [0.717, 1.165) is 26.2 Å². The van der Waals surface area contributed by atoms with Gasteiger partial charge in [0.1, 0.15) is 0 Å². The Morgan fingerprint density at radius 2 is 1.24 bits per heavy atom. The topological polar surface area (TPSA) is 32.5 Å². The Bertz CT molecular complexity index is 493. The van der Waals surface area contributed by atoms with Crippen LogP contribution in [0.1, 0.15) is 17.2 Å². The van der Waals surface area contributed by atoms with Crippen LogP contribution in [0.4, 0.5) is 0 Å². The van der Waals surface area contributed by atoms with E-state index in [1.54, 1.807) is 0 Å². The Balaban J connectivity index is 1.87. The fraction of sp³-hybridized carbons (Fsp3) is 0.333. The van der Waals surface area contributed by atoms with Crippen molar-refractivity contribution in [3.8, 4) is 0 Å². The predicted molar refractivity (Wildman–Crippen MR) is 86.9 cm³/mol. The highest BCUT2D eigenvalue weighted by molar-refractivity contribution is 5.31. The minimum Gasteiger partial charge on any atom is -0.318 e. The first kappa shape index (κ1) is 14.3. The van der Waals surface area contributed by atoms with Crippen LogP contribution in [0.3, 0.4) is 0 Å². The molecule has 1 aliphatic heterocycles. The van der Waals surface area contributed by atoms with E-state index in [0.29, 0.717) is 12.7 Å². The van der Waals surface area contributed by atoms with Crippen molar-refractivity contribution in [2.75, 3.05) is 32.8 Å². The van der Waals surface area contributed by atoms with Crippen molar-refractivity contribution in [2.24, 2.45) is 5.73 Å². The van der Waals surface area contributed by atoms with E-state index in [2.05, 4.69) is 70.5 Å². The number of nitrogens with two attached hydrogens (primary N) is 1. The molecule has 1 heterocycles. The van der Waals surface area contributed by atoms with E-state index < -0.39 is 0 Å². The van der Waals surface area contributed by atoms with Gasteiger partial charge in [0.15, 0.2) is 0 Å². The van der Waals surface area contributed by atoms with Gasteiger partial charge >= 0.3 is 0 Å². The van der Waals surface area contributed by atoms with E-state index in [1.807, 2.05) is 0 Å². The molecule has 2 aromatic rings. The molecule has 0 aliphatic carbocycles. The zero-order valence-corrected chi connectivity index (χ0v) is 12.4. The van der Waals surface area contributed by atoms with Crippen LogP contribution >= 0.6 is 0 Å². The van der Waals surface area contributed by atoms with Crippen molar-refractivity contribution in [1.82, 2.24) is 9.80 Å². The Labute approximate surface area is 127 Å². The van der Waals surface area contributed by atoms with Crippen LogP contribution in [0.25, 0.3) is 0 Å². The summed E-state index contributed by atoms with van der Waals surface area (Å²) in [5.74, 6) is 0. The quantitative estimate of drug-likeness (QED) is 0.933. The third kappa shape index (κ3) is 3.32. The lowest BCUT2D eigenvalue weighted by Gasteiger charge is -2.39. The molecule has 3 heteroatoms. The van der Waals surface area contributed by atoms with Gasteiger partial charge in [-0.1, -0.05) is 60.7 Å². The average molecular weight is 281 g/mol. The molecule has 0 amide bonds. The van der Waals surface area contributed by atoms with Gasteiger partial charge in [0.2, 0.25) is 0 Å². The third-order valence-corrected chi connectivity index (χ3v) is 4.26. The van der Waals surface area contributed by atoms with E-state index in [-0.39, 0.29) is 0 Å². The second-order valence-electron chi connectivity index (χ2n) is 5.56. The largest absolute Gasteiger partial charge is 0.318 e. The van der Waals surface area contributed by atoms with Gasteiger partial charge in [0.25, 0.3) is 0 Å². The Morgan fingerprint density at radius 1 is 0.762 bits per heavy atom. The molecule has 0 saturated carbocycles. The fourth-order valence-electron chi connectivity index (χ4n) is 3.09. The average Bonchev–Trinajstić information content (AvgIpc) is 2.58. The monoisotopic (exact) mass is 281 g/mol. The van der Waals surface area contributed by atoms with Crippen LogP contribution in [-0.2, 0) is 0 Å². The first-order valence-corrected chi connectivity index (χ1v) is 7.65. The first-order chi connectivity index (χ1) is 10.4. The van der Waals surface area contributed by atoms with Crippen molar-refractivity contribution in [3.63, 3.8) is 0 Å². The molecule has 21 heavy (non-hydrogen) atoms. The summed E-state index contributed by atoms with van der Waals surface area (Å²) in [5, 5.41) is 0. The van der Waals surface area contributed by atoms with Crippen LogP contribution in [0.15, 0.2) is 60.7 Å². The van der Waals surface area contributed by atoms with Gasteiger partial charge in [-0.2, -0.15) is 0 Å². The molecule has 0 radical (unpaired) electrons. The zero-order chi connectivity index (χ0) is 14.5. The van der Waals surface area contributed by atoms with Gasteiger partial charge in [0, 0.05) is 32.8 Å². The van der Waals surface area contributed by atoms with Crippen molar-refractivity contribution in [1.29, 1.82) is 0 Å². The highest BCUT2D eigenvalue weighted by Gasteiger charge is 2.25. The van der Waals surface area contributed by atoms with Gasteiger partial charge in [-0.3, -0.25) is 9.80 Å². The van der Waals surface area contributed by atoms with Gasteiger partial charge < -0.3 is 5.73 Å². The van der Waals surface area contributed by atoms with Crippen molar-refractivity contribution < 1.29 is 0 Å². The summed E-state index contributed by atoms with van der Waals surface area (Å²) in [6, 6.07) is 21.9. The smallest absolute Gasteiger partial charge is 0.0602 e. The van der Waals surface area contributed by atoms with E-state index in [9.17, 15) is 0 Å². The maximum Gasteiger partial charge on any atom is 0.0602 e. The summed E-state index contributed by atoms with van der Waals surface area (Å²) in [5.41, 5.74) is 8.49. The molecule has 2 N–H and O–H groups in total. The van der Waals surface area contributed by atoms with Crippen molar-refractivity contribution >= 4 is 0 Å². The molecule has 1 aliphatic rings. The fourth-order valence-corrected chi connectivity index (χ4v) is 3.09. The number of rotatable bonds is 4. The summed E-state index contributed by atoms with van der Waals surface area (Å²) in [6.45, 7) is 4.88. The Hall–Kier alpha value is -1.68. The van der Waals surface area contributed by atoms with Crippen molar-refractivity contribution in [3.05, 3.63) is 71.8 Å². The number of benzene rings is 2. The van der Waals surface area contributed by atoms with Crippen molar-refractivity contribution in [2.45, 2.75) is 6.04 Å². The van der Waals surface area contributed by atoms with Crippen LogP contribution in [-0.4, -0.2) is 42.6 Å². The molecule has 0 bridgehead atoms. The maximum atomic E-state index is 5.75. The second-order valence-corrected chi connectivity index (χ2v) is 5.56. The summed E-state index contributed by atoms with van der Waals surface area (Å²) in [4.78, 5) is 4.88. The molecule has 0 atom stereocenters. The molecule has 3 nitrogen and oxygen atoms in total. The number of piperazine rings is 1. The van der Waals surface area contributed by atoms with E-state index in [1.165, 1.54) is 11.1 Å². The molecule has 3 rings (SSSR count). The first-order valence-electron chi connectivity index (χ1n) is 7.65. The van der Waals surface area contributed by atoms with Crippen LogP contribution in [0.5, 0.6) is 0 Å². The van der Waals surface area contributed by atoms with Crippen LogP contribution in [0.2, 0.25) is 0 Å². The highest BCUT2D eigenvalue weighted by atomic mass is 15.3. The van der Waals surface area contributed by atoms with Crippen LogP contribution in [0, 0.1) is 0 Å². The molecule has 1 saturated heterocycles. The predicted octanol–water partition coefficient (Wildman–Crippen LogP) is 2.31. The molecule has 0 aromatic heterocycles. The Morgan fingerprint density at radius 3 is 1.67 bits per heavy atom. The SMILES string of the molecule is NCN1CCN(C(c2ccccc2)c2ccccc2)CC1. The lowest BCUT2D eigenvalue weighted by molar-refractivity contribution is 0.111. The van der Waals surface area contributed by atoms with Gasteiger partial charge in [-0.15, -0.1) is 0 Å². The standard InChI is InChI=1S/C18H23N3/c19-15-20-11-13-21(14-12-20)18(16-7-3-1-4-8-16)17-9-5-2-6-10-17/h1-10,18H,11-15,19H2. The normalized spacial score (nSPS) is 17.2. The summed E-state index contributed by atoms with van der Waals surface area (Å²) in [6.07, 6.45) is 0. The summed E-state index contributed by atoms with van der Waals surface area (Å²) >= 11 is 0. The zero-order valence-electron chi connectivity index (χ0n) is 12.4. The lowest BCUT2D eigenvalue weighted by Crippen LogP contribution is -2.49. The molecule has 0 spiro atoms. The van der Waals surface area contributed by atoms with Gasteiger partial charge in [-0.25, -0.2) is 0 Å². The molecular weight excluding hydrogens is 258 g/mol. The summed E-state index contributed by atoms with van der Waals surface area (Å²) < 4.78 is 0. The second kappa shape index (κ2) is 6.85. The third-order valence-electron chi connectivity index (χ3n) is 4.26. The molecule has 1 fully saturated rings. The minimum atomic E-state index is 0.340. The molecule has 2 aromatic carbocycles. The number of nitrogens with zero attached hydrogens (tertiary/aromatic N) is 2. The maximum absolute atomic E-state index is 5.75. The summed E-state index contributed by atoms with van der Waals surface area (Å²) in [7, 11) is 0. The molecule has 0 unspecified atom stereocenters. The minimum absolute atomic E-state index is 0.340. The van der Waals surface area contributed by atoms with Gasteiger partial charge in [-0.05, 0) is 11.1 Å². The number of hydrogen-bond acceptors (Lipinski definition) is 3. The van der Waals surface area contributed by atoms with Crippen LogP contribution < -0.4 is 5.73 Å². The van der Waals surface area contributed by atoms with E-state index >= 15 is 0 Å². The molecule has 110 valence electrons. The Kier molecular flexibility index (Phi) is 4.65. The van der Waals surface area contributed by atoms with E-state index in [4.69, 9.17) is 5.73 Å². The number of hydrogen-bond donors (Lipinski definition) is 1. The van der Waals surface area contributed by atoms with Gasteiger partial charge in [0.05, 0.1) is 6.04 Å².